The number of aliphatic hydroxyl groups excluding tert-OH is 1. The van der Waals surface area contributed by atoms with E-state index in [0.29, 0.717) is 27.7 Å². The third-order valence-electron chi connectivity index (χ3n) is 5.20. The van der Waals surface area contributed by atoms with E-state index >= 15 is 0 Å². The van der Waals surface area contributed by atoms with Gasteiger partial charge in [-0.2, -0.15) is 0 Å². The Morgan fingerprint density at radius 2 is 1.94 bits per heavy atom. The van der Waals surface area contributed by atoms with Crippen molar-refractivity contribution in [2.24, 2.45) is 0 Å². The molecule has 0 unspecified atom stereocenters. The summed E-state index contributed by atoms with van der Waals surface area (Å²) in [6.07, 6.45) is 1.59. The minimum Gasteiger partial charge on any atom is -0.480 e. The van der Waals surface area contributed by atoms with Crippen LogP contribution in [0.15, 0.2) is 70.8 Å². The number of furan rings is 1. The molecule has 1 saturated heterocycles. The van der Waals surface area contributed by atoms with Gasteiger partial charge in [0.05, 0.1) is 6.61 Å². The summed E-state index contributed by atoms with van der Waals surface area (Å²) >= 11 is 11.4. The van der Waals surface area contributed by atoms with Crippen LogP contribution in [0.5, 0.6) is 0 Å². The van der Waals surface area contributed by atoms with Crippen LogP contribution in [0.2, 0.25) is 5.02 Å². The van der Waals surface area contributed by atoms with Crippen LogP contribution >= 0.6 is 23.8 Å². The first-order chi connectivity index (χ1) is 15.9. The van der Waals surface area contributed by atoms with E-state index in [2.05, 4.69) is 5.32 Å². The highest BCUT2D eigenvalue weighted by Gasteiger charge is 2.39. The lowest BCUT2D eigenvalue weighted by atomic mass is 10.0. The predicted octanol–water partition coefficient (Wildman–Crippen LogP) is 3.85. The lowest BCUT2D eigenvalue weighted by molar-refractivity contribution is -0.145. The van der Waals surface area contributed by atoms with Crippen molar-refractivity contribution < 1.29 is 24.2 Å². The second-order valence-electron chi connectivity index (χ2n) is 7.37. The van der Waals surface area contributed by atoms with Crippen LogP contribution in [0.4, 0.5) is 0 Å². The van der Waals surface area contributed by atoms with Gasteiger partial charge in [-0.1, -0.05) is 54.1 Å². The normalized spacial score (nSPS) is 15.7. The lowest BCUT2D eigenvalue weighted by Gasteiger charge is -2.22. The topological polar surface area (TPSA) is 103 Å². The van der Waals surface area contributed by atoms with Crippen LogP contribution in [0, 0.1) is 0 Å². The zero-order valence-corrected chi connectivity index (χ0v) is 18.8. The lowest BCUT2D eigenvalue weighted by Crippen LogP contribution is -2.46. The van der Waals surface area contributed by atoms with E-state index in [9.17, 15) is 19.8 Å². The molecule has 0 bridgehead atoms. The summed E-state index contributed by atoms with van der Waals surface area (Å²) in [6, 6.07) is 16.4. The Morgan fingerprint density at radius 1 is 1.18 bits per heavy atom. The fourth-order valence-corrected chi connectivity index (χ4v) is 4.08. The predicted molar refractivity (Wildman–Crippen MR) is 127 cm³/mol. The molecule has 1 amide bonds. The second kappa shape index (κ2) is 9.58. The molecule has 0 saturated carbocycles. The van der Waals surface area contributed by atoms with Gasteiger partial charge in [-0.15, -0.1) is 0 Å². The fraction of sp³-hybridized carbons (Fsp3) is 0.125. The number of hydrogen-bond acceptors (Lipinski definition) is 5. The summed E-state index contributed by atoms with van der Waals surface area (Å²) < 4.78 is 5.81. The molecule has 1 atom stereocenters. The van der Waals surface area contributed by atoms with Crippen LogP contribution in [0.25, 0.3) is 17.4 Å². The largest absolute Gasteiger partial charge is 0.480 e. The third kappa shape index (κ3) is 4.83. The summed E-state index contributed by atoms with van der Waals surface area (Å²) in [4.78, 5) is 26.0. The fourth-order valence-electron chi connectivity index (χ4n) is 3.51. The van der Waals surface area contributed by atoms with E-state index in [1.807, 2.05) is 6.07 Å². The zero-order chi connectivity index (χ0) is 23.5. The average molecular weight is 483 g/mol. The van der Waals surface area contributed by atoms with E-state index in [1.54, 1.807) is 54.6 Å². The van der Waals surface area contributed by atoms with Gasteiger partial charge < -0.3 is 19.9 Å². The van der Waals surface area contributed by atoms with E-state index in [4.69, 9.17) is 28.2 Å². The molecule has 9 heteroatoms. The number of aliphatic carboxylic acids is 1. The van der Waals surface area contributed by atoms with Gasteiger partial charge in [0.2, 0.25) is 0 Å². The highest BCUT2D eigenvalue weighted by Crippen LogP contribution is 2.28. The standard InChI is InChI=1S/C24H19ClN2O5S/c25-18-11-15(6-7-16(18)13-28)21-9-8-17(32-21)12-19-22(29)27(24(33)26-19)20(23(30)31)10-14-4-2-1-3-5-14/h1-9,11-12,20,28H,10,13H2,(H,26,33)(H,30,31)/b19-12+/t20-/m0/s1. The van der Waals surface area contributed by atoms with Crippen LogP contribution in [-0.4, -0.2) is 38.1 Å². The number of nitrogens with one attached hydrogen (secondary N) is 1. The number of hydrogen-bond donors (Lipinski definition) is 3. The average Bonchev–Trinajstić information content (AvgIpc) is 3.37. The molecule has 168 valence electrons. The number of rotatable bonds is 7. The highest BCUT2D eigenvalue weighted by atomic mass is 35.5. The van der Waals surface area contributed by atoms with Gasteiger partial charge in [-0.05, 0) is 41.5 Å². The molecule has 1 aliphatic rings. The number of benzene rings is 2. The highest BCUT2D eigenvalue weighted by molar-refractivity contribution is 7.80. The number of halogens is 1. The summed E-state index contributed by atoms with van der Waals surface area (Å²) in [5, 5.41) is 22.2. The van der Waals surface area contributed by atoms with Gasteiger partial charge in [0.1, 0.15) is 23.3 Å². The quantitative estimate of drug-likeness (QED) is 0.347. The van der Waals surface area contributed by atoms with Crippen molar-refractivity contribution in [1.82, 2.24) is 10.2 Å². The van der Waals surface area contributed by atoms with Crippen LogP contribution in [0.1, 0.15) is 16.9 Å². The molecule has 33 heavy (non-hydrogen) atoms. The molecule has 0 aliphatic carbocycles. The monoisotopic (exact) mass is 482 g/mol. The van der Waals surface area contributed by atoms with Gasteiger partial charge in [0.25, 0.3) is 5.91 Å². The molecule has 0 radical (unpaired) electrons. The number of nitrogens with zero attached hydrogens (tertiary/aromatic N) is 1. The molecule has 1 aromatic heterocycles. The van der Waals surface area contributed by atoms with E-state index < -0.39 is 17.9 Å². The summed E-state index contributed by atoms with van der Waals surface area (Å²) in [7, 11) is 0. The minimum atomic E-state index is -1.15. The van der Waals surface area contributed by atoms with Crippen molar-refractivity contribution in [1.29, 1.82) is 0 Å². The van der Waals surface area contributed by atoms with E-state index in [1.165, 1.54) is 6.08 Å². The van der Waals surface area contributed by atoms with Gasteiger partial charge in [0, 0.05) is 23.1 Å². The molecule has 0 spiro atoms. The first-order valence-corrected chi connectivity index (χ1v) is 10.8. The maximum absolute atomic E-state index is 13.0. The number of carboxylic acids is 1. The van der Waals surface area contributed by atoms with Crippen molar-refractivity contribution in [2.45, 2.75) is 19.1 Å². The smallest absolute Gasteiger partial charge is 0.327 e. The van der Waals surface area contributed by atoms with Gasteiger partial charge >= 0.3 is 5.97 Å². The molecule has 2 aromatic carbocycles. The zero-order valence-electron chi connectivity index (χ0n) is 17.2. The molecule has 2 heterocycles. The number of amides is 1. The first-order valence-electron chi connectivity index (χ1n) is 10.00. The third-order valence-corrected chi connectivity index (χ3v) is 5.85. The molecule has 4 rings (SSSR count). The maximum Gasteiger partial charge on any atom is 0.327 e. The molecule has 3 aromatic rings. The van der Waals surface area contributed by atoms with E-state index in [-0.39, 0.29) is 23.8 Å². The number of aliphatic hydroxyl groups is 1. The Labute approximate surface area is 199 Å². The van der Waals surface area contributed by atoms with Crippen molar-refractivity contribution in [2.75, 3.05) is 0 Å². The Kier molecular flexibility index (Phi) is 6.60. The number of carboxylic acid groups (broad SMARTS) is 1. The molecule has 1 aliphatic heterocycles. The van der Waals surface area contributed by atoms with E-state index in [0.717, 1.165) is 10.5 Å². The summed E-state index contributed by atoms with van der Waals surface area (Å²) in [5.41, 5.74) is 2.21. The van der Waals surface area contributed by atoms with Crippen molar-refractivity contribution in [3.8, 4) is 11.3 Å². The van der Waals surface area contributed by atoms with Crippen molar-refractivity contribution in [3.05, 3.63) is 88.3 Å². The van der Waals surface area contributed by atoms with Gasteiger partial charge in [0.15, 0.2) is 5.11 Å². The SMILES string of the molecule is O=C(O)[C@H](Cc1ccccc1)N1C(=O)/C(=C\c2ccc(-c3ccc(CO)c(Cl)c3)o2)NC1=S. The maximum atomic E-state index is 13.0. The van der Waals surface area contributed by atoms with Crippen molar-refractivity contribution in [3.63, 3.8) is 0 Å². The number of carbonyl (C=O) groups is 2. The number of thiocarbonyl (C=S) groups is 1. The van der Waals surface area contributed by atoms with Crippen LogP contribution in [-0.2, 0) is 22.6 Å². The molecular formula is C24H19ClN2O5S. The minimum absolute atomic E-state index is 0.0211. The Hall–Kier alpha value is -3.46. The Morgan fingerprint density at radius 3 is 2.61 bits per heavy atom. The van der Waals surface area contributed by atoms with Gasteiger partial charge in [-0.25, -0.2) is 4.79 Å². The molecule has 7 nitrogen and oxygen atoms in total. The van der Waals surface area contributed by atoms with Crippen LogP contribution < -0.4 is 5.32 Å². The summed E-state index contributed by atoms with van der Waals surface area (Å²) in [6.45, 7) is -0.166. The van der Waals surface area contributed by atoms with Crippen molar-refractivity contribution >= 4 is 46.9 Å². The Balaban J connectivity index is 1.56. The number of carbonyl (C=O) groups excluding carboxylic acids is 1. The summed E-state index contributed by atoms with van der Waals surface area (Å²) in [5.74, 6) is -0.800. The Bertz CT molecular complexity index is 1250. The molecule has 3 N–H and O–H groups in total. The second-order valence-corrected chi connectivity index (χ2v) is 8.17. The molecule has 1 fully saturated rings. The first kappa shape index (κ1) is 22.7. The molecular weight excluding hydrogens is 464 g/mol. The van der Waals surface area contributed by atoms with Crippen LogP contribution in [0.3, 0.4) is 0 Å². The van der Waals surface area contributed by atoms with Gasteiger partial charge in [-0.3, -0.25) is 9.69 Å².